The Morgan fingerprint density at radius 2 is 1.42 bits per heavy atom. The van der Waals surface area contributed by atoms with E-state index in [0.717, 1.165) is 12.1 Å². The van der Waals surface area contributed by atoms with E-state index in [9.17, 15) is 30.4 Å². The third kappa shape index (κ3) is 3.01. The Bertz CT molecular complexity index is 886. The van der Waals surface area contributed by atoms with Crippen molar-refractivity contribution < 1.29 is 35.1 Å². The monoisotopic (exact) mass is 367 g/mol. The van der Waals surface area contributed by atoms with E-state index >= 15 is 0 Å². The molecule has 10 heteroatoms. The molecule has 130 valence electrons. The van der Waals surface area contributed by atoms with E-state index in [1.54, 1.807) is 0 Å². The number of methoxy groups -OCH3 is 1. The minimum atomic E-state index is -4.59. The topological polar surface area (TPSA) is 55.4 Å². The summed E-state index contributed by atoms with van der Waals surface area (Å²) >= 11 is 0. The summed E-state index contributed by atoms with van der Waals surface area (Å²) in [4.78, 5) is -0.440. The molecule has 1 N–H and O–H groups in total. The molecule has 24 heavy (non-hydrogen) atoms. The molecule has 0 aromatic heterocycles. The molecule has 0 spiro atoms. The van der Waals surface area contributed by atoms with Crippen LogP contribution in [0, 0.1) is 36.0 Å². The molecule has 0 saturated heterocycles. The summed E-state index contributed by atoms with van der Waals surface area (Å²) < 4.78 is 97.0. The molecular weight excluding hydrogens is 357 g/mol. The van der Waals surface area contributed by atoms with E-state index < -0.39 is 49.7 Å². The lowest BCUT2D eigenvalue weighted by atomic mass is 10.2. The number of rotatable bonds is 4. The molecule has 2 aromatic carbocycles. The van der Waals surface area contributed by atoms with Crippen LogP contribution in [0.5, 0.6) is 5.75 Å². The third-order valence-corrected chi connectivity index (χ3v) is 4.47. The molecule has 0 bridgehead atoms. The maximum absolute atomic E-state index is 13.6. The van der Waals surface area contributed by atoms with Gasteiger partial charge in [0.25, 0.3) is 10.0 Å². The zero-order valence-corrected chi connectivity index (χ0v) is 13.1. The minimum Gasteiger partial charge on any atom is -0.496 e. The summed E-state index contributed by atoms with van der Waals surface area (Å²) in [5.41, 5.74) is -1.27. The first-order valence-electron chi connectivity index (χ1n) is 6.29. The molecule has 0 saturated carbocycles. The van der Waals surface area contributed by atoms with Gasteiger partial charge in [0.05, 0.1) is 12.0 Å². The quantitative estimate of drug-likeness (QED) is 0.511. The van der Waals surface area contributed by atoms with Gasteiger partial charge in [-0.05, 0) is 30.7 Å². The van der Waals surface area contributed by atoms with Crippen LogP contribution in [0.25, 0.3) is 0 Å². The number of benzene rings is 2. The van der Waals surface area contributed by atoms with Gasteiger partial charge < -0.3 is 4.74 Å². The van der Waals surface area contributed by atoms with Crippen LogP contribution in [-0.2, 0) is 10.0 Å². The van der Waals surface area contributed by atoms with Crippen LogP contribution in [-0.4, -0.2) is 15.5 Å². The minimum absolute atomic E-state index is 0.352. The Balaban J connectivity index is 2.53. The average Bonchev–Trinajstić information content (AvgIpc) is 2.55. The third-order valence-electron chi connectivity index (χ3n) is 3.12. The maximum atomic E-state index is 13.6. The first-order valence-corrected chi connectivity index (χ1v) is 7.77. The lowest BCUT2D eigenvalue weighted by Crippen LogP contribution is -2.17. The second-order valence-electron chi connectivity index (χ2n) is 4.68. The fraction of sp³-hybridized carbons (Fsp3) is 0.143. The molecule has 4 nitrogen and oxygen atoms in total. The Hall–Kier alpha value is -2.36. The molecule has 0 atom stereocenters. The highest BCUT2D eigenvalue weighted by molar-refractivity contribution is 7.92. The van der Waals surface area contributed by atoms with Crippen molar-refractivity contribution in [3.63, 3.8) is 0 Å². The summed E-state index contributed by atoms with van der Waals surface area (Å²) in [5, 5.41) is 0. The van der Waals surface area contributed by atoms with Gasteiger partial charge in [0, 0.05) is 0 Å². The number of anilines is 1. The predicted octanol–water partition coefficient (Wildman–Crippen LogP) is 3.50. The molecule has 2 aromatic rings. The van der Waals surface area contributed by atoms with Gasteiger partial charge in [-0.15, -0.1) is 0 Å². The van der Waals surface area contributed by atoms with E-state index in [1.165, 1.54) is 24.8 Å². The van der Waals surface area contributed by atoms with Crippen LogP contribution in [0.1, 0.15) is 5.56 Å². The number of sulfonamides is 1. The van der Waals surface area contributed by atoms with Gasteiger partial charge in [0.15, 0.2) is 23.3 Å². The van der Waals surface area contributed by atoms with E-state index in [-0.39, 0.29) is 0 Å². The second-order valence-corrected chi connectivity index (χ2v) is 6.36. The SMILES string of the molecule is COc1ccc(S(=O)(=O)Nc2c(F)c(F)c(F)c(F)c2F)cc1C. The van der Waals surface area contributed by atoms with Gasteiger partial charge >= 0.3 is 0 Å². The number of halogens is 5. The summed E-state index contributed by atoms with van der Waals surface area (Å²) in [6.07, 6.45) is 0. The van der Waals surface area contributed by atoms with Gasteiger partial charge in [0.2, 0.25) is 5.82 Å². The van der Waals surface area contributed by atoms with Crippen molar-refractivity contribution in [3.8, 4) is 5.75 Å². The standard InChI is InChI=1S/C14H10F5NO3S/c1-6-5-7(3-4-8(6)23-2)24(21,22)20-14-12(18)10(16)9(15)11(17)13(14)19/h3-5,20H,1-2H3. The first kappa shape index (κ1) is 18.0. The van der Waals surface area contributed by atoms with E-state index in [2.05, 4.69) is 0 Å². The van der Waals surface area contributed by atoms with Gasteiger partial charge in [0.1, 0.15) is 11.4 Å². The lowest BCUT2D eigenvalue weighted by Gasteiger charge is -2.12. The van der Waals surface area contributed by atoms with Gasteiger partial charge in [-0.2, -0.15) is 0 Å². The van der Waals surface area contributed by atoms with Gasteiger partial charge in [-0.1, -0.05) is 0 Å². The van der Waals surface area contributed by atoms with Crippen molar-refractivity contribution in [1.29, 1.82) is 0 Å². The van der Waals surface area contributed by atoms with E-state index in [0.29, 0.717) is 11.3 Å². The predicted molar refractivity (Wildman–Crippen MR) is 74.8 cm³/mol. The Labute approximate surface area is 133 Å². The van der Waals surface area contributed by atoms with E-state index in [1.807, 2.05) is 0 Å². The molecule has 0 amide bonds. The van der Waals surface area contributed by atoms with E-state index in [4.69, 9.17) is 4.74 Å². The van der Waals surface area contributed by atoms with Crippen molar-refractivity contribution >= 4 is 15.7 Å². The highest BCUT2D eigenvalue weighted by Crippen LogP contribution is 2.30. The lowest BCUT2D eigenvalue weighted by molar-refractivity contribution is 0.382. The molecule has 2 rings (SSSR count). The van der Waals surface area contributed by atoms with Crippen LogP contribution in [0.2, 0.25) is 0 Å². The Kier molecular flexibility index (Phi) is 4.70. The molecule has 0 fully saturated rings. The zero-order chi connectivity index (χ0) is 18.2. The van der Waals surface area contributed by atoms with Crippen molar-refractivity contribution in [2.24, 2.45) is 0 Å². The van der Waals surface area contributed by atoms with Crippen LogP contribution in [0.4, 0.5) is 27.6 Å². The van der Waals surface area contributed by atoms with Crippen LogP contribution in [0.3, 0.4) is 0 Å². The first-order chi connectivity index (χ1) is 11.1. The number of hydrogen-bond acceptors (Lipinski definition) is 3. The van der Waals surface area contributed by atoms with Crippen LogP contribution < -0.4 is 9.46 Å². The number of ether oxygens (including phenoxy) is 1. The second kappa shape index (κ2) is 6.27. The molecule has 0 aliphatic heterocycles. The fourth-order valence-corrected chi connectivity index (χ4v) is 3.05. The van der Waals surface area contributed by atoms with Crippen molar-refractivity contribution in [2.45, 2.75) is 11.8 Å². The van der Waals surface area contributed by atoms with Gasteiger partial charge in [-0.25, -0.2) is 30.4 Å². The van der Waals surface area contributed by atoms with Crippen molar-refractivity contribution in [2.75, 3.05) is 11.8 Å². The maximum Gasteiger partial charge on any atom is 0.262 e. The molecule has 0 aliphatic rings. The van der Waals surface area contributed by atoms with Gasteiger partial charge in [-0.3, -0.25) is 4.72 Å². The number of hydrogen-bond donors (Lipinski definition) is 1. The van der Waals surface area contributed by atoms with Crippen molar-refractivity contribution in [3.05, 3.63) is 52.8 Å². The highest BCUT2D eigenvalue weighted by Gasteiger charge is 2.29. The fourth-order valence-electron chi connectivity index (χ4n) is 1.91. The summed E-state index contributed by atoms with van der Waals surface area (Å²) in [6, 6.07) is 3.45. The molecule has 0 aliphatic carbocycles. The highest BCUT2D eigenvalue weighted by atomic mass is 32.2. The zero-order valence-electron chi connectivity index (χ0n) is 12.3. The normalized spacial score (nSPS) is 11.5. The number of nitrogens with one attached hydrogen (secondary N) is 1. The number of aryl methyl sites for hydroxylation is 1. The molecule has 0 unspecified atom stereocenters. The summed E-state index contributed by atoms with van der Waals surface area (Å²) in [7, 11) is -3.24. The Morgan fingerprint density at radius 3 is 1.88 bits per heavy atom. The van der Waals surface area contributed by atoms with Crippen LogP contribution in [0.15, 0.2) is 23.1 Å². The molecule has 0 radical (unpaired) electrons. The summed E-state index contributed by atoms with van der Waals surface area (Å²) in [6.45, 7) is 1.51. The summed E-state index contributed by atoms with van der Waals surface area (Å²) in [5.74, 6) is -11.1. The average molecular weight is 367 g/mol. The Morgan fingerprint density at radius 1 is 0.917 bits per heavy atom. The largest absolute Gasteiger partial charge is 0.496 e. The van der Waals surface area contributed by atoms with Crippen LogP contribution >= 0.6 is 0 Å². The smallest absolute Gasteiger partial charge is 0.262 e. The molecule has 0 heterocycles. The molecular formula is C14H10F5NO3S. The van der Waals surface area contributed by atoms with Crippen molar-refractivity contribution in [1.82, 2.24) is 0 Å².